The summed E-state index contributed by atoms with van der Waals surface area (Å²) in [5, 5.41) is 10.8. The summed E-state index contributed by atoms with van der Waals surface area (Å²) in [7, 11) is 0. The van der Waals surface area contributed by atoms with Gasteiger partial charge in [0.1, 0.15) is 17.3 Å². The zero-order valence-electron chi connectivity index (χ0n) is 10.2. The lowest BCUT2D eigenvalue weighted by Gasteiger charge is -2.05. The van der Waals surface area contributed by atoms with Crippen LogP contribution in [0.1, 0.15) is 5.56 Å². The van der Waals surface area contributed by atoms with Crippen molar-refractivity contribution >= 4 is 23.1 Å². The van der Waals surface area contributed by atoms with Gasteiger partial charge in [-0.1, -0.05) is 6.07 Å². The van der Waals surface area contributed by atoms with Crippen LogP contribution < -0.4 is 5.73 Å². The molecule has 2 rings (SSSR count). The van der Waals surface area contributed by atoms with Crippen LogP contribution in [-0.4, -0.2) is 4.92 Å². The number of benzene rings is 2. The first kappa shape index (κ1) is 14.3. The molecular formula is C13H10F2N2O2S. The van der Waals surface area contributed by atoms with Gasteiger partial charge >= 0.3 is 0 Å². The molecular weight excluding hydrogens is 286 g/mol. The highest BCUT2D eigenvalue weighted by atomic mass is 32.2. The summed E-state index contributed by atoms with van der Waals surface area (Å²) in [6.07, 6.45) is 0. The Hall–Kier alpha value is -2.15. The Balaban J connectivity index is 2.17. The molecule has 0 saturated carbocycles. The maximum Gasteiger partial charge on any atom is 0.292 e. The summed E-state index contributed by atoms with van der Waals surface area (Å²) in [6.45, 7) is 0. The van der Waals surface area contributed by atoms with Crippen molar-refractivity contribution in [1.82, 2.24) is 0 Å². The van der Waals surface area contributed by atoms with Gasteiger partial charge in [-0.25, -0.2) is 8.78 Å². The Kier molecular flexibility index (Phi) is 4.19. The van der Waals surface area contributed by atoms with E-state index >= 15 is 0 Å². The summed E-state index contributed by atoms with van der Waals surface area (Å²) in [5.41, 5.74) is 5.97. The molecule has 0 unspecified atom stereocenters. The topological polar surface area (TPSA) is 69.2 Å². The SMILES string of the molecule is Nc1ccc(CSc2cc(F)ccc2F)cc1[N+](=O)[O-]. The van der Waals surface area contributed by atoms with Crippen molar-refractivity contribution in [2.24, 2.45) is 0 Å². The number of thioether (sulfide) groups is 1. The highest BCUT2D eigenvalue weighted by molar-refractivity contribution is 7.98. The minimum absolute atomic E-state index is 0.0701. The minimum atomic E-state index is -0.577. The van der Waals surface area contributed by atoms with Crippen molar-refractivity contribution in [3.63, 3.8) is 0 Å². The number of hydrogen-bond acceptors (Lipinski definition) is 4. The number of halogens is 2. The third-order valence-electron chi connectivity index (χ3n) is 2.58. The smallest absolute Gasteiger partial charge is 0.292 e. The molecule has 0 spiro atoms. The molecule has 2 aromatic rings. The van der Waals surface area contributed by atoms with Gasteiger partial charge in [-0.3, -0.25) is 10.1 Å². The molecule has 0 aliphatic rings. The molecule has 104 valence electrons. The van der Waals surface area contributed by atoms with Gasteiger partial charge in [0.15, 0.2) is 0 Å². The van der Waals surface area contributed by atoms with Gasteiger partial charge in [0, 0.05) is 16.7 Å². The third-order valence-corrected chi connectivity index (χ3v) is 3.68. The van der Waals surface area contributed by atoms with Gasteiger partial charge in [0.25, 0.3) is 5.69 Å². The average molecular weight is 296 g/mol. The maximum absolute atomic E-state index is 13.4. The van der Waals surface area contributed by atoms with Crippen LogP contribution in [0.25, 0.3) is 0 Å². The number of nitrogen functional groups attached to an aromatic ring is 1. The number of nitrogens with two attached hydrogens (primary N) is 1. The van der Waals surface area contributed by atoms with E-state index in [0.29, 0.717) is 5.56 Å². The number of nitro benzene ring substituents is 1. The molecule has 0 saturated heterocycles. The first-order valence-electron chi connectivity index (χ1n) is 5.58. The summed E-state index contributed by atoms with van der Waals surface area (Å²) < 4.78 is 26.4. The second-order valence-corrected chi connectivity index (χ2v) is 5.03. The van der Waals surface area contributed by atoms with E-state index in [1.54, 1.807) is 6.07 Å². The van der Waals surface area contributed by atoms with Crippen LogP contribution in [0.3, 0.4) is 0 Å². The van der Waals surface area contributed by atoms with Gasteiger partial charge in [-0.05, 0) is 29.8 Å². The second kappa shape index (κ2) is 5.87. The molecule has 2 N–H and O–H groups in total. The van der Waals surface area contributed by atoms with Gasteiger partial charge in [0.2, 0.25) is 0 Å². The van der Waals surface area contributed by atoms with Crippen molar-refractivity contribution in [2.45, 2.75) is 10.6 Å². The predicted octanol–water partition coefficient (Wildman–Crippen LogP) is 3.75. The summed E-state index contributed by atoms with van der Waals surface area (Å²) in [4.78, 5) is 10.3. The maximum atomic E-state index is 13.4. The van der Waals surface area contributed by atoms with Gasteiger partial charge in [-0.15, -0.1) is 11.8 Å². The molecule has 0 aromatic heterocycles. The first-order chi connectivity index (χ1) is 9.47. The molecule has 0 amide bonds. The lowest BCUT2D eigenvalue weighted by molar-refractivity contribution is -0.383. The lowest BCUT2D eigenvalue weighted by atomic mass is 10.2. The number of nitro groups is 1. The predicted molar refractivity (Wildman–Crippen MR) is 73.4 cm³/mol. The lowest BCUT2D eigenvalue weighted by Crippen LogP contribution is -1.96. The summed E-state index contributed by atoms with van der Waals surface area (Å²) in [5.74, 6) is -0.778. The van der Waals surface area contributed by atoms with Crippen LogP contribution in [0.15, 0.2) is 41.3 Å². The quantitative estimate of drug-likeness (QED) is 0.404. The van der Waals surface area contributed by atoms with Crippen LogP contribution in [0.5, 0.6) is 0 Å². The molecule has 0 bridgehead atoms. The molecule has 0 heterocycles. The molecule has 20 heavy (non-hydrogen) atoms. The van der Waals surface area contributed by atoms with Gasteiger partial charge < -0.3 is 5.73 Å². The zero-order chi connectivity index (χ0) is 14.7. The number of hydrogen-bond donors (Lipinski definition) is 1. The normalized spacial score (nSPS) is 10.5. The second-order valence-electron chi connectivity index (χ2n) is 4.01. The van der Waals surface area contributed by atoms with Gasteiger partial charge in [-0.2, -0.15) is 0 Å². The van der Waals surface area contributed by atoms with E-state index in [1.165, 1.54) is 12.1 Å². The largest absolute Gasteiger partial charge is 0.393 e. The molecule has 0 fully saturated rings. The summed E-state index contributed by atoms with van der Waals surface area (Å²) >= 11 is 1.06. The Morgan fingerprint density at radius 1 is 1.20 bits per heavy atom. The Morgan fingerprint density at radius 3 is 2.65 bits per heavy atom. The van der Waals surface area contributed by atoms with Crippen LogP contribution in [0, 0.1) is 21.7 Å². The Morgan fingerprint density at radius 2 is 1.95 bits per heavy atom. The standard InChI is InChI=1S/C13H10F2N2O2S/c14-9-2-3-10(15)13(6-9)20-7-8-1-4-11(16)12(5-8)17(18)19/h1-6H,7,16H2. The molecule has 0 aliphatic carbocycles. The molecule has 2 aromatic carbocycles. The van der Waals surface area contributed by atoms with Crippen LogP contribution in [0.4, 0.5) is 20.2 Å². The van der Waals surface area contributed by atoms with Crippen molar-refractivity contribution < 1.29 is 13.7 Å². The van der Waals surface area contributed by atoms with E-state index in [0.717, 1.165) is 30.0 Å². The van der Waals surface area contributed by atoms with Crippen LogP contribution in [0.2, 0.25) is 0 Å². The molecule has 0 radical (unpaired) electrons. The monoisotopic (exact) mass is 296 g/mol. The van der Waals surface area contributed by atoms with E-state index in [4.69, 9.17) is 5.73 Å². The van der Waals surface area contributed by atoms with E-state index < -0.39 is 16.6 Å². The van der Waals surface area contributed by atoms with E-state index in [9.17, 15) is 18.9 Å². The fourth-order valence-electron chi connectivity index (χ4n) is 1.59. The van der Waals surface area contributed by atoms with Crippen molar-refractivity contribution in [2.75, 3.05) is 5.73 Å². The number of rotatable bonds is 4. The third kappa shape index (κ3) is 3.24. The Labute approximate surface area is 117 Å². The van der Waals surface area contributed by atoms with Gasteiger partial charge in [0.05, 0.1) is 4.92 Å². The Bertz CT molecular complexity index is 665. The molecule has 0 aliphatic heterocycles. The molecule has 0 atom stereocenters. The zero-order valence-corrected chi connectivity index (χ0v) is 11.0. The highest BCUT2D eigenvalue weighted by Gasteiger charge is 2.12. The molecule has 4 nitrogen and oxygen atoms in total. The van der Waals surface area contributed by atoms with E-state index in [-0.39, 0.29) is 22.0 Å². The number of anilines is 1. The minimum Gasteiger partial charge on any atom is -0.393 e. The van der Waals surface area contributed by atoms with Crippen molar-refractivity contribution in [1.29, 1.82) is 0 Å². The highest BCUT2D eigenvalue weighted by Crippen LogP contribution is 2.29. The van der Waals surface area contributed by atoms with Crippen LogP contribution >= 0.6 is 11.8 Å². The van der Waals surface area contributed by atoms with E-state index in [1.807, 2.05) is 0 Å². The number of nitrogens with zero attached hydrogens (tertiary/aromatic N) is 1. The fourth-order valence-corrected chi connectivity index (χ4v) is 2.49. The van der Waals surface area contributed by atoms with Crippen LogP contribution in [-0.2, 0) is 5.75 Å². The fraction of sp³-hybridized carbons (Fsp3) is 0.0769. The van der Waals surface area contributed by atoms with Crippen molar-refractivity contribution in [3.05, 3.63) is 63.7 Å². The average Bonchev–Trinajstić information content (AvgIpc) is 2.41. The first-order valence-corrected chi connectivity index (χ1v) is 6.56. The van der Waals surface area contributed by atoms with Crippen molar-refractivity contribution in [3.8, 4) is 0 Å². The summed E-state index contributed by atoms with van der Waals surface area (Å²) in [6, 6.07) is 7.55. The van der Waals surface area contributed by atoms with E-state index in [2.05, 4.69) is 0 Å². The molecule has 7 heteroatoms.